The Morgan fingerprint density at radius 1 is 1.23 bits per heavy atom. The SMILES string of the molecule is Cc1cc(NC(=O)c2nccnc2N)ccc1N1CCCC1. The standard InChI is InChI=1S/C16H19N5O/c1-11-10-12(4-5-13(11)21-8-2-3-9-21)20-16(22)14-15(17)19-7-6-18-14/h4-7,10H,2-3,8-9H2,1H3,(H2,17,19)(H,20,22). The molecular weight excluding hydrogens is 278 g/mol. The van der Waals surface area contributed by atoms with Crippen molar-refractivity contribution in [2.45, 2.75) is 19.8 Å². The highest BCUT2D eigenvalue weighted by molar-refractivity contribution is 6.05. The van der Waals surface area contributed by atoms with E-state index in [1.165, 1.54) is 30.9 Å². The molecule has 0 aliphatic carbocycles. The molecule has 1 fully saturated rings. The summed E-state index contributed by atoms with van der Waals surface area (Å²) < 4.78 is 0. The fourth-order valence-electron chi connectivity index (χ4n) is 2.76. The third-order valence-corrected chi connectivity index (χ3v) is 3.84. The number of nitrogens with one attached hydrogen (secondary N) is 1. The molecule has 1 aromatic carbocycles. The lowest BCUT2D eigenvalue weighted by Crippen LogP contribution is -2.19. The quantitative estimate of drug-likeness (QED) is 0.907. The number of nitrogens with zero attached hydrogens (tertiary/aromatic N) is 3. The molecule has 1 amide bonds. The number of amides is 1. The molecule has 3 N–H and O–H groups in total. The number of rotatable bonds is 3. The second kappa shape index (κ2) is 6.01. The van der Waals surface area contributed by atoms with E-state index in [1.54, 1.807) is 0 Å². The number of nitrogen functional groups attached to an aromatic ring is 1. The number of carbonyl (C=O) groups excluding carboxylic acids is 1. The Balaban J connectivity index is 1.77. The predicted octanol–water partition coefficient (Wildman–Crippen LogP) is 2.22. The Labute approximate surface area is 129 Å². The van der Waals surface area contributed by atoms with Crippen LogP contribution in [0.2, 0.25) is 0 Å². The smallest absolute Gasteiger partial charge is 0.278 e. The van der Waals surface area contributed by atoms with E-state index in [0.717, 1.165) is 24.3 Å². The second-order valence-corrected chi connectivity index (χ2v) is 5.44. The molecule has 114 valence electrons. The lowest BCUT2D eigenvalue weighted by atomic mass is 10.1. The Hall–Kier alpha value is -2.63. The van der Waals surface area contributed by atoms with Crippen LogP contribution in [0.5, 0.6) is 0 Å². The van der Waals surface area contributed by atoms with Gasteiger partial charge in [0.05, 0.1) is 0 Å². The van der Waals surface area contributed by atoms with Gasteiger partial charge in [-0.25, -0.2) is 9.97 Å². The maximum atomic E-state index is 12.2. The number of aromatic nitrogens is 2. The summed E-state index contributed by atoms with van der Waals surface area (Å²) in [5.41, 5.74) is 8.92. The number of hydrogen-bond donors (Lipinski definition) is 2. The zero-order valence-electron chi connectivity index (χ0n) is 12.5. The van der Waals surface area contributed by atoms with Crippen molar-refractivity contribution >= 4 is 23.1 Å². The van der Waals surface area contributed by atoms with E-state index in [-0.39, 0.29) is 17.4 Å². The highest BCUT2D eigenvalue weighted by atomic mass is 16.1. The highest BCUT2D eigenvalue weighted by Gasteiger charge is 2.16. The summed E-state index contributed by atoms with van der Waals surface area (Å²) in [4.78, 5) is 22.4. The minimum atomic E-state index is -0.348. The molecule has 0 spiro atoms. The molecule has 6 heteroatoms. The van der Waals surface area contributed by atoms with Gasteiger partial charge in [-0.15, -0.1) is 0 Å². The number of hydrogen-bond acceptors (Lipinski definition) is 5. The highest BCUT2D eigenvalue weighted by Crippen LogP contribution is 2.26. The van der Waals surface area contributed by atoms with Gasteiger partial charge in [0.15, 0.2) is 11.5 Å². The zero-order chi connectivity index (χ0) is 15.5. The van der Waals surface area contributed by atoms with Gasteiger partial charge >= 0.3 is 0 Å². The first-order valence-electron chi connectivity index (χ1n) is 7.38. The number of benzene rings is 1. The molecule has 0 atom stereocenters. The summed E-state index contributed by atoms with van der Waals surface area (Å²) >= 11 is 0. The summed E-state index contributed by atoms with van der Waals surface area (Å²) in [6.45, 7) is 4.26. The van der Waals surface area contributed by atoms with Crippen LogP contribution in [-0.4, -0.2) is 29.0 Å². The number of carbonyl (C=O) groups is 1. The predicted molar refractivity (Wildman–Crippen MR) is 87.0 cm³/mol. The normalized spacial score (nSPS) is 14.1. The van der Waals surface area contributed by atoms with E-state index in [2.05, 4.69) is 33.2 Å². The molecule has 2 aromatic rings. The van der Waals surface area contributed by atoms with E-state index in [1.807, 2.05) is 12.1 Å². The van der Waals surface area contributed by atoms with E-state index in [0.29, 0.717) is 0 Å². The third kappa shape index (κ3) is 2.86. The van der Waals surface area contributed by atoms with Gasteiger partial charge in [0, 0.05) is 36.9 Å². The van der Waals surface area contributed by atoms with Crippen molar-refractivity contribution in [3.05, 3.63) is 41.9 Å². The number of nitrogens with two attached hydrogens (primary N) is 1. The summed E-state index contributed by atoms with van der Waals surface area (Å²) in [5.74, 6) is -0.218. The van der Waals surface area contributed by atoms with Gasteiger partial charge in [-0.1, -0.05) is 0 Å². The molecule has 6 nitrogen and oxygen atoms in total. The van der Waals surface area contributed by atoms with Crippen LogP contribution in [0.25, 0.3) is 0 Å². The van der Waals surface area contributed by atoms with E-state index in [9.17, 15) is 4.79 Å². The molecule has 0 saturated carbocycles. The van der Waals surface area contributed by atoms with Gasteiger partial charge in [-0.2, -0.15) is 0 Å². The molecule has 0 bridgehead atoms. The minimum Gasteiger partial charge on any atom is -0.382 e. The van der Waals surface area contributed by atoms with E-state index < -0.39 is 0 Å². The first-order chi connectivity index (χ1) is 10.6. The van der Waals surface area contributed by atoms with Crippen LogP contribution in [0.4, 0.5) is 17.2 Å². The fourth-order valence-corrected chi connectivity index (χ4v) is 2.76. The molecule has 1 saturated heterocycles. The molecule has 22 heavy (non-hydrogen) atoms. The lowest BCUT2D eigenvalue weighted by Gasteiger charge is -2.20. The summed E-state index contributed by atoms with van der Waals surface area (Å²) in [6, 6.07) is 5.93. The Morgan fingerprint density at radius 2 is 1.95 bits per heavy atom. The maximum Gasteiger partial charge on any atom is 0.278 e. The van der Waals surface area contributed by atoms with Crippen LogP contribution < -0.4 is 16.0 Å². The second-order valence-electron chi connectivity index (χ2n) is 5.44. The molecule has 1 aromatic heterocycles. The van der Waals surface area contributed by atoms with Crippen molar-refractivity contribution in [1.29, 1.82) is 0 Å². The van der Waals surface area contributed by atoms with Crippen molar-refractivity contribution in [3.8, 4) is 0 Å². The summed E-state index contributed by atoms with van der Waals surface area (Å²) in [7, 11) is 0. The van der Waals surface area contributed by atoms with Gasteiger partial charge in [-0.05, 0) is 43.5 Å². The molecule has 0 unspecified atom stereocenters. The van der Waals surface area contributed by atoms with Crippen molar-refractivity contribution in [2.75, 3.05) is 29.0 Å². The molecule has 1 aliphatic rings. The molecule has 3 rings (SSSR count). The van der Waals surface area contributed by atoms with Crippen LogP contribution in [0.3, 0.4) is 0 Å². The number of anilines is 3. The topological polar surface area (TPSA) is 84.1 Å². The first kappa shape index (κ1) is 14.3. The molecule has 1 aliphatic heterocycles. The van der Waals surface area contributed by atoms with E-state index >= 15 is 0 Å². The first-order valence-corrected chi connectivity index (χ1v) is 7.38. The van der Waals surface area contributed by atoms with Gasteiger partial charge in [0.25, 0.3) is 5.91 Å². The molecule has 0 radical (unpaired) electrons. The van der Waals surface area contributed by atoms with Gasteiger partial charge in [-0.3, -0.25) is 4.79 Å². The zero-order valence-corrected chi connectivity index (χ0v) is 12.5. The van der Waals surface area contributed by atoms with Gasteiger partial charge < -0.3 is 16.0 Å². The maximum absolute atomic E-state index is 12.2. The third-order valence-electron chi connectivity index (χ3n) is 3.84. The minimum absolute atomic E-state index is 0.130. The van der Waals surface area contributed by atoms with Crippen molar-refractivity contribution in [2.24, 2.45) is 0 Å². The number of aryl methyl sites for hydroxylation is 1. The largest absolute Gasteiger partial charge is 0.382 e. The Morgan fingerprint density at radius 3 is 2.64 bits per heavy atom. The van der Waals surface area contributed by atoms with Crippen LogP contribution in [0.15, 0.2) is 30.6 Å². The van der Waals surface area contributed by atoms with Crippen molar-refractivity contribution in [1.82, 2.24) is 9.97 Å². The molecular formula is C16H19N5O. The monoisotopic (exact) mass is 297 g/mol. The Bertz CT molecular complexity index is 695. The van der Waals surface area contributed by atoms with Crippen LogP contribution in [0, 0.1) is 6.92 Å². The van der Waals surface area contributed by atoms with Gasteiger partial charge in [0.1, 0.15) is 0 Å². The average molecular weight is 297 g/mol. The van der Waals surface area contributed by atoms with Crippen LogP contribution >= 0.6 is 0 Å². The molecule has 2 heterocycles. The van der Waals surface area contributed by atoms with Crippen molar-refractivity contribution in [3.63, 3.8) is 0 Å². The summed E-state index contributed by atoms with van der Waals surface area (Å²) in [6.07, 6.45) is 5.39. The summed E-state index contributed by atoms with van der Waals surface area (Å²) in [5, 5.41) is 2.82. The van der Waals surface area contributed by atoms with Crippen LogP contribution in [-0.2, 0) is 0 Å². The van der Waals surface area contributed by atoms with Crippen molar-refractivity contribution < 1.29 is 4.79 Å². The van der Waals surface area contributed by atoms with E-state index in [4.69, 9.17) is 5.73 Å². The van der Waals surface area contributed by atoms with Crippen LogP contribution in [0.1, 0.15) is 28.9 Å². The average Bonchev–Trinajstić information content (AvgIpc) is 3.01. The van der Waals surface area contributed by atoms with Gasteiger partial charge in [0.2, 0.25) is 0 Å². The Kier molecular flexibility index (Phi) is 3.91. The lowest BCUT2D eigenvalue weighted by molar-refractivity contribution is 0.102. The fraction of sp³-hybridized carbons (Fsp3) is 0.312.